The highest BCUT2D eigenvalue weighted by Crippen LogP contribution is 2.32. The number of nitrogens with zero attached hydrogens (tertiary/aromatic N) is 3. The molecule has 0 saturated heterocycles. The molecule has 0 aliphatic carbocycles. The lowest BCUT2D eigenvalue weighted by Crippen LogP contribution is -2.44. The number of amides is 1. The van der Waals surface area contributed by atoms with E-state index in [1.807, 2.05) is 32.9 Å². The lowest BCUT2D eigenvalue weighted by molar-refractivity contribution is 0.174. The molecule has 0 aliphatic rings. The molecule has 0 saturated carbocycles. The Morgan fingerprint density at radius 3 is 2.63 bits per heavy atom. The van der Waals surface area contributed by atoms with Crippen molar-refractivity contribution < 1.29 is 14.3 Å². The highest BCUT2D eigenvalue weighted by atomic mass is 35.5. The van der Waals surface area contributed by atoms with Gasteiger partial charge in [-0.25, -0.2) is 18.9 Å². The van der Waals surface area contributed by atoms with Crippen LogP contribution < -0.4 is 5.32 Å². The first kappa shape index (κ1) is 22.1. The fourth-order valence-electron chi connectivity index (χ4n) is 2.85. The lowest BCUT2D eigenvalue weighted by Gasteiger charge is -2.29. The number of carbonyl (C=O) groups is 1. The van der Waals surface area contributed by atoms with Crippen molar-refractivity contribution in [2.45, 2.75) is 43.2 Å². The molecule has 9 heteroatoms. The van der Waals surface area contributed by atoms with Gasteiger partial charge in [0.1, 0.15) is 21.7 Å². The molecule has 0 spiro atoms. The number of halogens is 2. The first-order chi connectivity index (χ1) is 14.1. The molecule has 2 N–H and O–H groups in total. The second-order valence-electron chi connectivity index (χ2n) is 7.83. The molecule has 1 aromatic carbocycles. The van der Waals surface area contributed by atoms with Crippen molar-refractivity contribution in [2.75, 3.05) is 0 Å². The summed E-state index contributed by atoms with van der Waals surface area (Å²) in [6.45, 7) is 5.86. The van der Waals surface area contributed by atoms with Gasteiger partial charge in [-0.15, -0.1) is 0 Å². The molecule has 1 atom stereocenters. The average molecular weight is 449 g/mol. The van der Waals surface area contributed by atoms with Crippen LogP contribution in [0.3, 0.4) is 0 Å². The summed E-state index contributed by atoms with van der Waals surface area (Å²) in [6, 6.07) is 11.4. The van der Waals surface area contributed by atoms with Crippen molar-refractivity contribution in [1.82, 2.24) is 20.1 Å². The molecular formula is C21H22ClFN4O2S. The normalized spacial score (nSPS) is 12.6. The maximum absolute atomic E-state index is 14.5. The van der Waals surface area contributed by atoms with E-state index in [-0.39, 0.29) is 11.5 Å². The summed E-state index contributed by atoms with van der Waals surface area (Å²) in [5, 5.41) is 17.4. The quantitative estimate of drug-likeness (QED) is 0.491. The van der Waals surface area contributed by atoms with Gasteiger partial charge in [-0.3, -0.25) is 0 Å². The van der Waals surface area contributed by atoms with Gasteiger partial charge in [-0.1, -0.05) is 56.3 Å². The van der Waals surface area contributed by atoms with Crippen molar-refractivity contribution >= 4 is 29.5 Å². The minimum absolute atomic E-state index is 0.312. The number of hydrogen-bond acceptors (Lipinski definition) is 4. The number of rotatable bonds is 6. The summed E-state index contributed by atoms with van der Waals surface area (Å²) in [5.41, 5.74) is 0.635. The third kappa shape index (κ3) is 5.52. The van der Waals surface area contributed by atoms with E-state index in [1.165, 1.54) is 22.5 Å². The predicted octanol–water partition coefficient (Wildman–Crippen LogP) is 5.44. The van der Waals surface area contributed by atoms with Gasteiger partial charge in [0, 0.05) is 23.6 Å². The van der Waals surface area contributed by atoms with Crippen LogP contribution in [0.15, 0.2) is 58.6 Å². The molecular weight excluding hydrogens is 427 g/mol. The van der Waals surface area contributed by atoms with Crippen LogP contribution in [-0.2, 0) is 6.42 Å². The Balaban J connectivity index is 2.00. The Kier molecular flexibility index (Phi) is 6.67. The molecule has 0 aliphatic heterocycles. The smallest absolute Gasteiger partial charge is 0.404 e. The number of benzene rings is 1. The Morgan fingerprint density at radius 1 is 1.30 bits per heavy atom. The van der Waals surface area contributed by atoms with Crippen LogP contribution in [0.25, 0.3) is 5.69 Å². The molecule has 2 heterocycles. The van der Waals surface area contributed by atoms with E-state index in [9.17, 15) is 14.3 Å². The average Bonchev–Trinajstić information content (AvgIpc) is 3.04. The Bertz CT molecular complexity index is 1030. The van der Waals surface area contributed by atoms with Gasteiger partial charge >= 0.3 is 6.09 Å². The minimum atomic E-state index is -1.09. The zero-order chi connectivity index (χ0) is 21.9. The summed E-state index contributed by atoms with van der Waals surface area (Å²) in [7, 11) is 0. The molecule has 2 aromatic heterocycles. The molecule has 0 fully saturated rings. The molecule has 0 radical (unpaired) electrons. The zero-order valence-electron chi connectivity index (χ0n) is 16.8. The second-order valence-corrected chi connectivity index (χ2v) is 9.31. The Morgan fingerprint density at radius 2 is 2.03 bits per heavy atom. The number of aromatic nitrogens is 3. The molecule has 1 amide bonds. The maximum atomic E-state index is 14.5. The summed E-state index contributed by atoms with van der Waals surface area (Å²) in [5.74, 6) is -0.403. The van der Waals surface area contributed by atoms with E-state index in [2.05, 4.69) is 15.4 Å². The predicted molar refractivity (Wildman–Crippen MR) is 115 cm³/mol. The summed E-state index contributed by atoms with van der Waals surface area (Å²) in [6.07, 6.45) is 0.907. The number of pyridine rings is 1. The minimum Gasteiger partial charge on any atom is -0.465 e. The van der Waals surface area contributed by atoms with Gasteiger partial charge in [0.2, 0.25) is 0 Å². The number of hydrogen-bond donors (Lipinski definition) is 2. The van der Waals surface area contributed by atoms with E-state index in [0.717, 1.165) is 4.90 Å². The van der Waals surface area contributed by atoms with Crippen LogP contribution in [0.5, 0.6) is 0 Å². The van der Waals surface area contributed by atoms with E-state index in [4.69, 9.17) is 11.6 Å². The monoisotopic (exact) mass is 448 g/mol. The first-order valence-electron chi connectivity index (χ1n) is 9.26. The van der Waals surface area contributed by atoms with Crippen LogP contribution in [0, 0.1) is 11.2 Å². The number of nitrogens with one attached hydrogen (secondary N) is 1. The van der Waals surface area contributed by atoms with Crippen molar-refractivity contribution in [2.24, 2.45) is 5.41 Å². The van der Waals surface area contributed by atoms with Gasteiger partial charge in [0.15, 0.2) is 0 Å². The Labute approximate surface area is 183 Å². The maximum Gasteiger partial charge on any atom is 0.404 e. The lowest BCUT2D eigenvalue weighted by atomic mass is 9.84. The van der Waals surface area contributed by atoms with Crippen LogP contribution in [0.4, 0.5) is 9.18 Å². The summed E-state index contributed by atoms with van der Waals surface area (Å²) >= 11 is 7.24. The van der Waals surface area contributed by atoms with Gasteiger partial charge < -0.3 is 10.4 Å². The highest BCUT2D eigenvalue weighted by Gasteiger charge is 2.28. The molecule has 0 bridgehead atoms. The molecule has 30 heavy (non-hydrogen) atoms. The highest BCUT2D eigenvalue weighted by molar-refractivity contribution is 7.99. The van der Waals surface area contributed by atoms with Crippen LogP contribution in [0.2, 0.25) is 5.15 Å². The summed E-state index contributed by atoms with van der Waals surface area (Å²) < 4.78 is 16.0. The van der Waals surface area contributed by atoms with Gasteiger partial charge in [-0.2, -0.15) is 5.10 Å². The van der Waals surface area contributed by atoms with E-state index in [1.54, 1.807) is 30.5 Å². The summed E-state index contributed by atoms with van der Waals surface area (Å²) in [4.78, 5) is 16.1. The second kappa shape index (κ2) is 9.06. The standard InChI is InChI=1S/C21H22ClFN4O2S/c1-21(2,3)17(25-20(28)29)10-13-11-19(30-14-8-9-18(22)24-12-14)27(26-13)16-7-5-4-6-15(16)23/h4-9,11-12,17,25H,10H2,1-3H3,(H,28,29). The third-order valence-electron chi connectivity index (χ3n) is 4.49. The van der Waals surface area contributed by atoms with Crippen LogP contribution in [-0.4, -0.2) is 32.0 Å². The SMILES string of the molecule is CC(C)(C)C(Cc1cc(Sc2ccc(Cl)nc2)n(-c2ccccc2F)n1)NC(=O)O. The molecule has 158 valence electrons. The van der Waals surface area contributed by atoms with E-state index >= 15 is 0 Å². The fraction of sp³-hybridized carbons (Fsp3) is 0.286. The molecule has 1 unspecified atom stereocenters. The van der Waals surface area contributed by atoms with Crippen molar-refractivity contribution in [3.05, 3.63) is 65.3 Å². The fourth-order valence-corrected chi connectivity index (χ4v) is 3.87. The molecule has 6 nitrogen and oxygen atoms in total. The molecule has 3 rings (SSSR count). The van der Waals surface area contributed by atoms with E-state index < -0.39 is 11.9 Å². The van der Waals surface area contributed by atoms with Crippen LogP contribution in [0.1, 0.15) is 26.5 Å². The third-order valence-corrected chi connectivity index (χ3v) is 5.69. The van der Waals surface area contributed by atoms with Crippen molar-refractivity contribution in [3.63, 3.8) is 0 Å². The van der Waals surface area contributed by atoms with Gasteiger partial charge in [-0.05, 0) is 35.7 Å². The van der Waals surface area contributed by atoms with E-state index in [0.29, 0.717) is 28.0 Å². The number of carboxylic acid groups (broad SMARTS) is 1. The van der Waals surface area contributed by atoms with Crippen molar-refractivity contribution in [1.29, 1.82) is 0 Å². The van der Waals surface area contributed by atoms with Gasteiger partial charge in [0.25, 0.3) is 0 Å². The van der Waals surface area contributed by atoms with Crippen LogP contribution >= 0.6 is 23.4 Å². The Hall–Kier alpha value is -2.58. The number of para-hydroxylation sites is 1. The van der Waals surface area contributed by atoms with Crippen molar-refractivity contribution in [3.8, 4) is 5.69 Å². The largest absolute Gasteiger partial charge is 0.465 e. The first-order valence-corrected chi connectivity index (χ1v) is 10.5. The van der Waals surface area contributed by atoms with Gasteiger partial charge in [0.05, 0.1) is 5.69 Å². The molecule has 3 aromatic rings. The zero-order valence-corrected chi connectivity index (χ0v) is 18.3. The topological polar surface area (TPSA) is 80.0 Å².